The van der Waals surface area contributed by atoms with Gasteiger partial charge in [-0.15, -0.1) is 0 Å². The van der Waals surface area contributed by atoms with Crippen LogP contribution in [-0.2, 0) is 9.59 Å². The van der Waals surface area contributed by atoms with Crippen molar-refractivity contribution in [1.29, 1.82) is 0 Å². The van der Waals surface area contributed by atoms with E-state index in [1.54, 1.807) is 12.1 Å². The van der Waals surface area contributed by atoms with Crippen molar-refractivity contribution in [1.82, 2.24) is 10.2 Å². The maximum atomic E-state index is 13.1. The number of carbonyl (C=O) groups excluding carboxylic acids is 4. The molecule has 1 saturated carbocycles. The van der Waals surface area contributed by atoms with E-state index < -0.39 is 23.8 Å². The molecule has 2 N–H and O–H groups in total. The van der Waals surface area contributed by atoms with Gasteiger partial charge in [-0.2, -0.15) is 0 Å². The molecule has 2 heterocycles. The number of imide groups is 2. The molecule has 1 aromatic rings. The summed E-state index contributed by atoms with van der Waals surface area (Å²) >= 11 is 0. The molecule has 3 aliphatic rings. The van der Waals surface area contributed by atoms with Gasteiger partial charge in [-0.3, -0.25) is 29.4 Å². The predicted octanol–water partition coefficient (Wildman–Crippen LogP) is 4.81. The Morgan fingerprint density at radius 2 is 1.59 bits per heavy atom. The van der Waals surface area contributed by atoms with Gasteiger partial charge in [0.05, 0.1) is 11.1 Å². The van der Waals surface area contributed by atoms with Crippen LogP contribution >= 0.6 is 0 Å². The smallest absolute Gasteiger partial charge is 0.264 e. The number of carbonyl (C=O) groups is 4. The van der Waals surface area contributed by atoms with Crippen molar-refractivity contribution in [2.45, 2.75) is 95.9 Å². The van der Waals surface area contributed by atoms with Crippen LogP contribution in [0.2, 0.25) is 0 Å². The first-order chi connectivity index (χ1) is 16.6. The van der Waals surface area contributed by atoms with Crippen molar-refractivity contribution in [2.24, 2.45) is 5.92 Å². The lowest BCUT2D eigenvalue weighted by Gasteiger charge is -2.27. The molecule has 1 aliphatic carbocycles. The summed E-state index contributed by atoms with van der Waals surface area (Å²) < 4.78 is 0. The summed E-state index contributed by atoms with van der Waals surface area (Å²) in [5.74, 6) is -0.934. The van der Waals surface area contributed by atoms with Gasteiger partial charge in [0, 0.05) is 18.7 Å². The third kappa shape index (κ3) is 5.68. The van der Waals surface area contributed by atoms with Gasteiger partial charge in [-0.25, -0.2) is 0 Å². The van der Waals surface area contributed by atoms with E-state index in [1.807, 2.05) is 6.07 Å². The van der Waals surface area contributed by atoms with Crippen molar-refractivity contribution < 1.29 is 19.2 Å². The molecule has 0 aromatic heterocycles. The van der Waals surface area contributed by atoms with Gasteiger partial charge in [0.1, 0.15) is 6.04 Å². The molecule has 0 radical (unpaired) electrons. The van der Waals surface area contributed by atoms with E-state index in [-0.39, 0.29) is 18.7 Å². The highest BCUT2D eigenvalue weighted by Crippen LogP contribution is 2.32. The molecule has 0 spiro atoms. The van der Waals surface area contributed by atoms with Crippen LogP contribution in [0.5, 0.6) is 0 Å². The fraction of sp³-hybridized carbons (Fsp3) is 0.630. The first-order valence-corrected chi connectivity index (χ1v) is 13.1. The minimum Gasteiger partial charge on any atom is -0.384 e. The van der Waals surface area contributed by atoms with Crippen LogP contribution in [0.15, 0.2) is 18.2 Å². The van der Waals surface area contributed by atoms with Crippen molar-refractivity contribution in [3.8, 4) is 0 Å². The maximum absolute atomic E-state index is 13.1. The molecular formula is C27H37N3O4. The molecule has 1 saturated heterocycles. The average Bonchev–Trinajstić information content (AvgIpc) is 2.99. The van der Waals surface area contributed by atoms with Gasteiger partial charge in [-0.05, 0) is 30.9 Å². The summed E-state index contributed by atoms with van der Waals surface area (Å²) in [6.07, 6.45) is 16.2. The Morgan fingerprint density at radius 1 is 0.853 bits per heavy atom. The van der Waals surface area contributed by atoms with Crippen molar-refractivity contribution in [3.63, 3.8) is 0 Å². The third-order valence-electron chi connectivity index (χ3n) is 7.55. The van der Waals surface area contributed by atoms with Gasteiger partial charge >= 0.3 is 0 Å². The lowest BCUT2D eigenvalue weighted by Crippen LogP contribution is -2.54. The van der Waals surface area contributed by atoms with Gasteiger partial charge in [0.2, 0.25) is 11.8 Å². The zero-order chi connectivity index (χ0) is 23.9. The zero-order valence-corrected chi connectivity index (χ0v) is 20.1. The van der Waals surface area contributed by atoms with Crippen LogP contribution < -0.4 is 10.6 Å². The molecule has 4 amide bonds. The number of fused-ring (bicyclic) bond motifs is 1. The summed E-state index contributed by atoms with van der Waals surface area (Å²) in [4.78, 5) is 50.7. The van der Waals surface area contributed by atoms with Crippen molar-refractivity contribution in [3.05, 3.63) is 29.3 Å². The molecule has 1 unspecified atom stereocenters. The quantitative estimate of drug-likeness (QED) is 0.292. The first kappa shape index (κ1) is 24.4. The number of rotatable bonds is 10. The number of nitrogens with zero attached hydrogens (tertiary/aromatic N) is 1. The summed E-state index contributed by atoms with van der Waals surface area (Å²) in [5.41, 5.74) is 1.29. The second-order valence-electron chi connectivity index (χ2n) is 10.0. The van der Waals surface area contributed by atoms with E-state index in [1.165, 1.54) is 64.2 Å². The minimum absolute atomic E-state index is 0.121. The summed E-state index contributed by atoms with van der Waals surface area (Å²) in [5, 5.41) is 5.57. The second kappa shape index (κ2) is 11.6. The molecule has 1 atom stereocenters. The summed E-state index contributed by atoms with van der Waals surface area (Å²) in [6, 6.07) is 4.26. The molecular weight excluding hydrogens is 430 g/mol. The van der Waals surface area contributed by atoms with Crippen molar-refractivity contribution in [2.75, 3.05) is 11.9 Å². The fourth-order valence-electron chi connectivity index (χ4n) is 5.63. The van der Waals surface area contributed by atoms with E-state index in [2.05, 4.69) is 10.6 Å². The normalized spacial score (nSPS) is 21.4. The van der Waals surface area contributed by atoms with E-state index in [9.17, 15) is 19.2 Å². The van der Waals surface area contributed by atoms with Crippen molar-refractivity contribution >= 4 is 29.3 Å². The Labute approximate surface area is 202 Å². The highest BCUT2D eigenvalue weighted by atomic mass is 16.2. The van der Waals surface area contributed by atoms with Crippen LogP contribution in [0.1, 0.15) is 111 Å². The minimum atomic E-state index is -0.934. The molecule has 2 fully saturated rings. The summed E-state index contributed by atoms with van der Waals surface area (Å²) in [7, 11) is 0. The molecule has 0 bridgehead atoms. The molecule has 7 heteroatoms. The topological polar surface area (TPSA) is 95.6 Å². The lowest BCUT2D eigenvalue weighted by atomic mass is 9.93. The van der Waals surface area contributed by atoms with E-state index in [4.69, 9.17) is 0 Å². The first-order valence-electron chi connectivity index (χ1n) is 13.1. The molecule has 4 rings (SSSR count). The number of hydrogen-bond donors (Lipinski definition) is 2. The highest BCUT2D eigenvalue weighted by Gasteiger charge is 2.45. The molecule has 1 aromatic carbocycles. The average molecular weight is 468 g/mol. The second-order valence-corrected chi connectivity index (χ2v) is 10.0. The standard InChI is InChI=1S/C27H37N3O4/c31-23-17-16-22(25(32)29-23)30-26(33)20-14-10-15-21(24(20)27(30)34)28-18-9-5-1-2-6-11-19-12-7-3-4-8-13-19/h10,14-15,19,22,28H,1-9,11-13,16-18H2,(H,29,31,32). The highest BCUT2D eigenvalue weighted by molar-refractivity contribution is 6.25. The van der Waals surface area contributed by atoms with E-state index >= 15 is 0 Å². The SMILES string of the molecule is O=C1CCC(N2C(=O)c3cccc(NCCCCCCCC4CCCCCC4)c3C2=O)C(=O)N1. The number of anilines is 1. The molecule has 7 nitrogen and oxygen atoms in total. The Kier molecular flexibility index (Phi) is 8.35. The number of benzene rings is 1. The number of piperidine rings is 1. The van der Waals surface area contributed by atoms with E-state index in [0.717, 1.165) is 30.2 Å². The monoisotopic (exact) mass is 467 g/mol. The third-order valence-corrected chi connectivity index (χ3v) is 7.55. The van der Waals surface area contributed by atoms with Gasteiger partial charge < -0.3 is 5.32 Å². The predicted molar refractivity (Wildman–Crippen MR) is 130 cm³/mol. The Hall–Kier alpha value is -2.70. The number of nitrogens with one attached hydrogen (secondary N) is 2. The summed E-state index contributed by atoms with van der Waals surface area (Å²) in [6.45, 7) is 0.735. The van der Waals surface area contributed by atoms with Gasteiger partial charge in [0.15, 0.2) is 0 Å². The Balaban J connectivity index is 1.22. The largest absolute Gasteiger partial charge is 0.384 e. The zero-order valence-electron chi connectivity index (χ0n) is 20.1. The molecule has 184 valence electrons. The Bertz CT molecular complexity index is 920. The van der Waals surface area contributed by atoms with Gasteiger partial charge in [-0.1, -0.05) is 76.7 Å². The Morgan fingerprint density at radius 3 is 2.35 bits per heavy atom. The van der Waals surface area contributed by atoms with Crippen LogP contribution in [0, 0.1) is 5.92 Å². The molecule has 34 heavy (non-hydrogen) atoms. The lowest BCUT2D eigenvalue weighted by molar-refractivity contribution is -0.136. The number of amides is 4. The van der Waals surface area contributed by atoms with Crippen LogP contribution in [0.4, 0.5) is 5.69 Å². The number of unbranched alkanes of at least 4 members (excludes halogenated alkanes) is 4. The van der Waals surface area contributed by atoms with E-state index in [0.29, 0.717) is 16.8 Å². The maximum Gasteiger partial charge on any atom is 0.264 e. The number of hydrogen-bond acceptors (Lipinski definition) is 5. The van der Waals surface area contributed by atoms with Crippen LogP contribution in [0.3, 0.4) is 0 Å². The molecule has 2 aliphatic heterocycles. The fourth-order valence-corrected chi connectivity index (χ4v) is 5.63. The van der Waals surface area contributed by atoms with Crippen LogP contribution in [0.25, 0.3) is 0 Å². The van der Waals surface area contributed by atoms with Gasteiger partial charge in [0.25, 0.3) is 11.8 Å². The van der Waals surface area contributed by atoms with Crippen LogP contribution in [-0.4, -0.2) is 41.1 Å².